The molecule has 0 bridgehead atoms. The Morgan fingerprint density at radius 3 is 2.59 bits per heavy atom. The summed E-state index contributed by atoms with van der Waals surface area (Å²) in [6.07, 6.45) is -0.875. The molecule has 0 spiro atoms. The van der Waals surface area contributed by atoms with E-state index >= 15 is 0 Å². The van der Waals surface area contributed by atoms with E-state index < -0.39 is 17.5 Å². The predicted molar refractivity (Wildman–Crippen MR) is 103 cm³/mol. The number of para-hydroxylation sites is 1. The van der Waals surface area contributed by atoms with Crippen molar-refractivity contribution in [2.45, 2.75) is 32.9 Å². The number of benzene rings is 2. The Balaban J connectivity index is 2.02. The lowest BCUT2D eigenvalue weighted by Gasteiger charge is -2.18. The molecule has 1 aromatic heterocycles. The van der Waals surface area contributed by atoms with Gasteiger partial charge in [-0.15, -0.1) is 0 Å². The van der Waals surface area contributed by atoms with Crippen molar-refractivity contribution in [2.24, 2.45) is 0 Å². The molecule has 0 radical (unpaired) electrons. The van der Waals surface area contributed by atoms with Gasteiger partial charge in [-0.1, -0.05) is 35.3 Å². The van der Waals surface area contributed by atoms with E-state index in [1.165, 1.54) is 4.57 Å². The van der Waals surface area contributed by atoms with Crippen LogP contribution in [-0.4, -0.2) is 16.3 Å². The Labute approximate surface area is 165 Å². The van der Waals surface area contributed by atoms with Crippen LogP contribution in [0.5, 0.6) is 5.75 Å². The molecule has 0 atom stereocenters. The third-order valence-electron chi connectivity index (χ3n) is 3.58. The topological polar surface area (TPSA) is 70.7 Å². The highest BCUT2D eigenvalue weighted by Gasteiger charge is 2.21. The van der Waals surface area contributed by atoms with Crippen LogP contribution in [0, 0.1) is 0 Å². The number of hydrogen-bond donors (Lipinski definition) is 0. The van der Waals surface area contributed by atoms with E-state index in [2.05, 4.69) is 0 Å². The Hall–Kier alpha value is -2.44. The summed E-state index contributed by atoms with van der Waals surface area (Å²) in [4.78, 5) is 24.4. The first-order valence-corrected chi connectivity index (χ1v) is 8.87. The fourth-order valence-corrected chi connectivity index (χ4v) is 2.97. The molecular weight excluding hydrogens is 393 g/mol. The second-order valence-electron chi connectivity index (χ2n) is 6.86. The molecule has 0 amide bonds. The van der Waals surface area contributed by atoms with Crippen molar-refractivity contribution < 1.29 is 18.7 Å². The number of fused-ring (bicyclic) bond motifs is 1. The predicted octanol–water partition coefficient (Wildman–Crippen LogP) is 5.26. The van der Waals surface area contributed by atoms with Crippen LogP contribution in [0.25, 0.3) is 11.1 Å². The molecule has 0 unspecified atom stereocenters. The van der Waals surface area contributed by atoms with Crippen molar-refractivity contribution in [1.82, 2.24) is 4.57 Å². The van der Waals surface area contributed by atoms with Crippen LogP contribution < -0.4 is 10.5 Å². The van der Waals surface area contributed by atoms with Crippen LogP contribution in [0.2, 0.25) is 10.0 Å². The zero-order valence-electron chi connectivity index (χ0n) is 14.9. The quantitative estimate of drug-likeness (QED) is 0.435. The van der Waals surface area contributed by atoms with Crippen LogP contribution >= 0.6 is 23.2 Å². The molecule has 0 N–H and O–H groups in total. The van der Waals surface area contributed by atoms with E-state index in [-0.39, 0.29) is 17.9 Å². The lowest BCUT2D eigenvalue weighted by Crippen LogP contribution is -2.26. The highest BCUT2D eigenvalue weighted by molar-refractivity contribution is 6.35. The molecule has 0 aliphatic rings. The molecule has 0 fully saturated rings. The third kappa shape index (κ3) is 4.46. The first-order chi connectivity index (χ1) is 12.6. The van der Waals surface area contributed by atoms with Crippen LogP contribution in [0.4, 0.5) is 4.79 Å². The highest BCUT2D eigenvalue weighted by atomic mass is 35.5. The maximum absolute atomic E-state index is 12.3. The van der Waals surface area contributed by atoms with E-state index in [9.17, 15) is 9.59 Å². The summed E-state index contributed by atoms with van der Waals surface area (Å²) >= 11 is 12.1. The molecule has 27 heavy (non-hydrogen) atoms. The summed E-state index contributed by atoms with van der Waals surface area (Å²) in [5.74, 6) is -0.450. The standard InChI is InChI=1S/C19H17Cl2NO5/c1-19(2,3)27-18(24)26-15-6-4-5-14-16(15)22(17(23)25-14)10-11-7-8-12(20)9-13(11)21/h4-9H,10H2,1-3H3. The van der Waals surface area contributed by atoms with E-state index in [0.717, 1.165) is 0 Å². The second-order valence-corrected chi connectivity index (χ2v) is 7.70. The van der Waals surface area contributed by atoms with Crippen LogP contribution in [0.1, 0.15) is 26.3 Å². The van der Waals surface area contributed by atoms with Crippen molar-refractivity contribution in [3.63, 3.8) is 0 Å². The Kier molecular flexibility index (Phi) is 5.22. The minimum Gasteiger partial charge on any atom is -0.428 e. The lowest BCUT2D eigenvalue weighted by molar-refractivity contribution is 0.0208. The van der Waals surface area contributed by atoms with Gasteiger partial charge in [0.05, 0.1) is 6.54 Å². The van der Waals surface area contributed by atoms with Gasteiger partial charge >= 0.3 is 11.9 Å². The van der Waals surface area contributed by atoms with Gasteiger partial charge in [-0.2, -0.15) is 0 Å². The summed E-state index contributed by atoms with van der Waals surface area (Å²) in [6.45, 7) is 5.30. The molecule has 2 aromatic carbocycles. The van der Waals surface area contributed by atoms with Gasteiger partial charge in [0.2, 0.25) is 0 Å². The average molecular weight is 410 g/mol. The molecule has 8 heteroatoms. The Bertz CT molecular complexity index is 1060. The second kappa shape index (κ2) is 7.29. The zero-order chi connectivity index (χ0) is 19.8. The summed E-state index contributed by atoms with van der Waals surface area (Å²) in [6, 6.07) is 9.76. The van der Waals surface area contributed by atoms with Gasteiger partial charge in [0.15, 0.2) is 11.3 Å². The maximum Gasteiger partial charge on any atom is 0.514 e. The Morgan fingerprint density at radius 2 is 1.93 bits per heavy atom. The summed E-state index contributed by atoms with van der Waals surface area (Å²) in [5.41, 5.74) is 0.571. The van der Waals surface area contributed by atoms with E-state index in [1.807, 2.05) is 0 Å². The van der Waals surface area contributed by atoms with Crippen LogP contribution in [-0.2, 0) is 11.3 Å². The molecule has 3 rings (SSSR count). The number of oxazole rings is 1. The first kappa shape index (κ1) is 19.3. The lowest BCUT2D eigenvalue weighted by atomic mass is 10.2. The van der Waals surface area contributed by atoms with Crippen LogP contribution in [0.15, 0.2) is 45.6 Å². The minimum atomic E-state index is -0.875. The monoisotopic (exact) mass is 409 g/mol. The molecule has 6 nitrogen and oxygen atoms in total. The molecule has 0 saturated carbocycles. The van der Waals surface area contributed by atoms with Crippen molar-refractivity contribution in [3.8, 4) is 5.75 Å². The fraction of sp³-hybridized carbons (Fsp3) is 0.263. The summed E-state index contributed by atoms with van der Waals surface area (Å²) in [5, 5.41) is 0.899. The SMILES string of the molecule is CC(C)(C)OC(=O)Oc1cccc2oc(=O)n(Cc3ccc(Cl)cc3Cl)c12. The number of aromatic nitrogens is 1. The summed E-state index contributed by atoms with van der Waals surface area (Å²) in [7, 11) is 0. The smallest absolute Gasteiger partial charge is 0.428 e. The fourth-order valence-electron chi connectivity index (χ4n) is 2.50. The molecular formula is C19H17Cl2NO5. The van der Waals surface area contributed by atoms with Gasteiger partial charge in [-0.3, -0.25) is 4.57 Å². The molecule has 0 aliphatic heterocycles. The van der Waals surface area contributed by atoms with Crippen molar-refractivity contribution in [1.29, 1.82) is 0 Å². The summed E-state index contributed by atoms with van der Waals surface area (Å²) < 4.78 is 17.1. The number of rotatable bonds is 3. The minimum absolute atomic E-state index is 0.122. The van der Waals surface area contributed by atoms with E-state index in [0.29, 0.717) is 21.1 Å². The number of nitrogens with zero attached hydrogens (tertiary/aromatic N) is 1. The molecule has 1 heterocycles. The first-order valence-electron chi connectivity index (χ1n) is 8.11. The number of hydrogen-bond acceptors (Lipinski definition) is 5. The largest absolute Gasteiger partial charge is 0.514 e. The van der Waals surface area contributed by atoms with E-state index in [1.54, 1.807) is 57.2 Å². The van der Waals surface area contributed by atoms with Gasteiger partial charge in [-0.25, -0.2) is 9.59 Å². The molecule has 3 aromatic rings. The van der Waals surface area contributed by atoms with Crippen LogP contribution in [0.3, 0.4) is 0 Å². The number of ether oxygens (including phenoxy) is 2. The average Bonchev–Trinajstić information content (AvgIpc) is 2.85. The van der Waals surface area contributed by atoms with Gasteiger partial charge in [0.1, 0.15) is 11.1 Å². The van der Waals surface area contributed by atoms with Gasteiger partial charge in [0.25, 0.3) is 0 Å². The van der Waals surface area contributed by atoms with Crippen molar-refractivity contribution in [3.05, 3.63) is 62.6 Å². The number of halogens is 2. The zero-order valence-corrected chi connectivity index (χ0v) is 16.4. The highest BCUT2D eigenvalue weighted by Crippen LogP contribution is 2.28. The van der Waals surface area contributed by atoms with Crippen molar-refractivity contribution in [2.75, 3.05) is 0 Å². The maximum atomic E-state index is 12.3. The molecule has 0 aliphatic carbocycles. The molecule has 0 saturated heterocycles. The number of carbonyl (C=O) groups is 1. The Morgan fingerprint density at radius 1 is 1.19 bits per heavy atom. The third-order valence-corrected chi connectivity index (χ3v) is 4.16. The van der Waals surface area contributed by atoms with Gasteiger partial charge < -0.3 is 13.9 Å². The number of carbonyl (C=O) groups excluding carboxylic acids is 1. The van der Waals surface area contributed by atoms with E-state index in [4.69, 9.17) is 37.1 Å². The normalized spacial score (nSPS) is 11.6. The van der Waals surface area contributed by atoms with Gasteiger partial charge in [0, 0.05) is 10.0 Å². The van der Waals surface area contributed by atoms with Gasteiger partial charge in [-0.05, 0) is 50.6 Å². The molecule has 142 valence electrons. The van der Waals surface area contributed by atoms with Crippen molar-refractivity contribution >= 4 is 40.5 Å².